The van der Waals surface area contributed by atoms with Gasteiger partial charge in [-0.2, -0.15) is 0 Å². The highest BCUT2D eigenvalue weighted by molar-refractivity contribution is 9.10. The summed E-state index contributed by atoms with van der Waals surface area (Å²) in [6, 6.07) is 3.73. The van der Waals surface area contributed by atoms with E-state index < -0.39 is 29.0 Å². The van der Waals surface area contributed by atoms with E-state index >= 15 is 0 Å². The number of nitrogens with two attached hydrogens (primary N) is 1. The monoisotopic (exact) mass is 378 g/mol. The van der Waals surface area contributed by atoms with E-state index in [1.54, 1.807) is 0 Å². The zero-order valence-corrected chi connectivity index (χ0v) is 12.6. The average molecular weight is 379 g/mol. The summed E-state index contributed by atoms with van der Waals surface area (Å²) < 4.78 is 53.8. The Morgan fingerprint density at radius 1 is 1.05 bits per heavy atom. The number of anilines is 2. The van der Waals surface area contributed by atoms with Gasteiger partial charge in [0.05, 0.1) is 15.8 Å². The third-order valence-electron chi connectivity index (χ3n) is 2.61. The lowest BCUT2D eigenvalue weighted by Gasteiger charge is -2.12. The van der Waals surface area contributed by atoms with Gasteiger partial charge in [0.25, 0.3) is 0 Å². The van der Waals surface area contributed by atoms with E-state index in [4.69, 9.17) is 18.0 Å². The van der Waals surface area contributed by atoms with Gasteiger partial charge in [-0.3, -0.25) is 0 Å². The quantitative estimate of drug-likeness (QED) is 0.472. The number of hydrogen-bond donors (Lipinski definition) is 2. The van der Waals surface area contributed by atoms with E-state index in [1.807, 2.05) is 0 Å². The van der Waals surface area contributed by atoms with Crippen LogP contribution in [0.4, 0.5) is 28.9 Å². The SMILES string of the molecule is NC(=S)c1ccc(Nc2cc(F)cc(F)c2F)c(F)c1Br. The van der Waals surface area contributed by atoms with Crippen LogP contribution in [0.25, 0.3) is 0 Å². The molecular weight excluding hydrogens is 372 g/mol. The Hall–Kier alpha value is -1.67. The van der Waals surface area contributed by atoms with E-state index in [9.17, 15) is 17.6 Å². The molecule has 0 fully saturated rings. The van der Waals surface area contributed by atoms with Crippen LogP contribution in [-0.2, 0) is 0 Å². The summed E-state index contributed by atoms with van der Waals surface area (Å²) in [4.78, 5) is -0.0321. The van der Waals surface area contributed by atoms with Crippen LogP contribution in [0.3, 0.4) is 0 Å². The normalized spacial score (nSPS) is 10.5. The van der Waals surface area contributed by atoms with E-state index in [0.29, 0.717) is 12.1 Å². The molecule has 2 nitrogen and oxygen atoms in total. The minimum atomic E-state index is -1.38. The molecule has 8 heteroatoms. The molecule has 0 aliphatic carbocycles. The number of rotatable bonds is 3. The van der Waals surface area contributed by atoms with Gasteiger partial charge in [-0.05, 0) is 28.1 Å². The topological polar surface area (TPSA) is 38.0 Å². The number of thiocarbonyl (C=S) groups is 1. The van der Waals surface area contributed by atoms with Gasteiger partial charge in [0.1, 0.15) is 10.8 Å². The Kier molecular flexibility index (Phi) is 4.48. The predicted molar refractivity (Wildman–Crippen MR) is 79.6 cm³/mol. The van der Waals surface area contributed by atoms with Crippen LogP contribution in [-0.4, -0.2) is 4.99 Å². The molecule has 0 amide bonds. The molecule has 0 heterocycles. The molecule has 2 aromatic rings. The molecule has 21 heavy (non-hydrogen) atoms. The fraction of sp³-hybridized carbons (Fsp3) is 0. The molecule has 2 aromatic carbocycles. The van der Waals surface area contributed by atoms with Crippen molar-refractivity contribution in [1.29, 1.82) is 0 Å². The molecule has 3 N–H and O–H groups in total. The Bertz CT molecular complexity index is 737. The second kappa shape index (κ2) is 5.98. The first-order valence-corrected chi connectivity index (χ1v) is 6.70. The van der Waals surface area contributed by atoms with Gasteiger partial charge < -0.3 is 11.1 Å². The van der Waals surface area contributed by atoms with Crippen molar-refractivity contribution in [2.45, 2.75) is 0 Å². The fourth-order valence-corrected chi connectivity index (χ4v) is 2.49. The number of benzene rings is 2. The van der Waals surface area contributed by atoms with Gasteiger partial charge in [-0.1, -0.05) is 12.2 Å². The molecule has 2 rings (SSSR count). The highest BCUT2D eigenvalue weighted by Crippen LogP contribution is 2.30. The minimum absolute atomic E-state index is 0.0303. The van der Waals surface area contributed by atoms with Crippen molar-refractivity contribution >= 4 is 44.5 Å². The van der Waals surface area contributed by atoms with Gasteiger partial charge in [0, 0.05) is 17.7 Å². The van der Waals surface area contributed by atoms with Crippen LogP contribution in [0.5, 0.6) is 0 Å². The van der Waals surface area contributed by atoms with Crippen LogP contribution < -0.4 is 11.1 Å². The zero-order chi connectivity index (χ0) is 15.7. The second-order valence-corrected chi connectivity index (χ2v) is 5.26. The summed E-state index contributed by atoms with van der Waals surface area (Å²) in [5.41, 5.74) is 4.94. The molecule has 110 valence electrons. The lowest BCUT2D eigenvalue weighted by molar-refractivity contribution is 0.498. The van der Waals surface area contributed by atoms with Gasteiger partial charge in [0.2, 0.25) is 0 Å². The lowest BCUT2D eigenvalue weighted by Crippen LogP contribution is -2.11. The summed E-state index contributed by atoms with van der Waals surface area (Å²) in [5.74, 6) is -4.50. The first kappa shape index (κ1) is 15.7. The maximum absolute atomic E-state index is 14.1. The highest BCUT2D eigenvalue weighted by atomic mass is 79.9. The van der Waals surface area contributed by atoms with Crippen LogP contribution in [0.2, 0.25) is 0 Å². The van der Waals surface area contributed by atoms with Crippen molar-refractivity contribution in [3.63, 3.8) is 0 Å². The maximum atomic E-state index is 14.1. The molecule has 0 spiro atoms. The summed E-state index contributed by atoms with van der Waals surface area (Å²) in [6.07, 6.45) is 0. The molecule has 0 aliphatic heterocycles. The van der Waals surface area contributed by atoms with Gasteiger partial charge in [0.15, 0.2) is 17.5 Å². The summed E-state index contributed by atoms with van der Waals surface area (Å²) in [5, 5.41) is 2.29. The van der Waals surface area contributed by atoms with Crippen LogP contribution >= 0.6 is 28.1 Å². The molecule has 0 bridgehead atoms. The smallest absolute Gasteiger partial charge is 0.182 e. The molecule has 0 atom stereocenters. The Morgan fingerprint density at radius 2 is 1.71 bits per heavy atom. The zero-order valence-electron chi connectivity index (χ0n) is 10.2. The number of nitrogens with one attached hydrogen (secondary N) is 1. The van der Waals surface area contributed by atoms with Crippen molar-refractivity contribution in [2.75, 3.05) is 5.32 Å². The van der Waals surface area contributed by atoms with Crippen molar-refractivity contribution < 1.29 is 17.6 Å². The number of hydrogen-bond acceptors (Lipinski definition) is 2. The van der Waals surface area contributed by atoms with Crippen LogP contribution in [0.1, 0.15) is 5.56 Å². The van der Waals surface area contributed by atoms with E-state index in [2.05, 4.69) is 21.2 Å². The molecule has 0 radical (unpaired) electrons. The predicted octanol–water partition coefficient (Wildman–Crippen LogP) is 4.38. The van der Waals surface area contributed by atoms with Gasteiger partial charge in [-0.15, -0.1) is 0 Å². The lowest BCUT2D eigenvalue weighted by atomic mass is 10.2. The number of halogens is 5. The standard InChI is InChI=1S/C13H7BrF4N2S/c14-10-6(13(19)21)1-2-8(12(10)18)20-9-4-5(15)3-7(16)11(9)17/h1-4,20H,(H2,19,21). The third kappa shape index (κ3) is 3.16. The largest absolute Gasteiger partial charge is 0.389 e. The third-order valence-corrected chi connectivity index (χ3v) is 3.61. The summed E-state index contributed by atoms with van der Waals surface area (Å²) >= 11 is 7.71. The van der Waals surface area contributed by atoms with Gasteiger partial charge in [-0.25, -0.2) is 17.6 Å². The van der Waals surface area contributed by atoms with Gasteiger partial charge >= 0.3 is 0 Å². The van der Waals surface area contributed by atoms with Crippen molar-refractivity contribution in [3.8, 4) is 0 Å². The Balaban J connectivity index is 2.46. The van der Waals surface area contributed by atoms with Crippen LogP contribution in [0, 0.1) is 23.3 Å². The van der Waals surface area contributed by atoms with Crippen LogP contribution in [0.15, 0.2) is 28.7 Å². The molecule has 0 unspecified atom stereocenters. The van der Waals surface area contributed by atoms with Crippen molar-refractivity contribution in [1.82, 2.24) is 0 Å². The first-order valence-electron chi connectivity index (χ1n) is 5.50. The fourth-order valence-electron chi connectivity index (χ4n) is 1.63. The molecule has 0 saturated heterocycles. The molecular formula is C13H7BrF4N2S. The molecule has 0 aliphatic rings. The summed E-state index contributed by atoms with van der Waals surface area (Å²) in [6.45, 7) is 0. The highest BCUT2D eigenvalue weighted by Gasteiger charge is 2.16. The Morgan fingerprint density at radius 3 is 2.33 bits per heavy atom. The van der Waals surface area contributed by atoms with Crippen molar-refractivity contribution in [3.05, 3.63) is 57.6 Å². The van der Waals surface area contributed by atoms with E-state index in [0.717, 1.165) is 0 Å². The minimum Gasteiger partial charge on any atom is -0.389 e. The molecule has 0 saturated carbocycles. The van der Waals surface area contributed by atoms with Crippen molar-refractivity contribution in [2.24, 2.45) is 5.73 Å². The van der Waals surface area contributed by atoms with E-state index in [-0.39, 0.29) is 20.7 Å². The van der Waals surface area contributed by atoms with E-state index in [1.165, 1.54) is 12.1 Å². The first-order chi connectivity index (χ1) is 9.81. The summed E-state index contributed by atoms with van der Waals surface area (Å²) in [7, 11) is 0. The second-order valence-electron chi connectivity index (χ2n) is 4.03. The molecule has 0 aromatic heterocycles. The maximum Gasteiger partial charge on any atom is 0.182 e. The Labute approximate surface area is 131 Å². The average Bonchev–Trinajstić information content (AvgIpc) is 2.40.